The van der Waals surface area contributed by atoms with Gasteiger partial charge in [-0.3, -0.25) is 9.52 Å². The Morgan fingerprint density at radius 1 is 1.21 bits per heavy atom. The monoisotopic (exact) mass is 494 g/mol. The molecule has 0 unspecified atom stereocenters. The van der Waals surface area contributed by atoms with Gasteiger partial charge in [-0.2, -0.15) is 8.42 Å². The minimum Gasteiger partial charge on any atom is -0.511 e. The van der Waals surface area contributed by atoms with Gasteiger partial charge >= 0.3 is 0 Å². The molecule has 2 atom stereocenters. The van der Waals surface area contributed by atoms with Crippen molar-refractivity contribution in [2.45, 2.75) is 49.5 Å². The number of carbonyl (C=O) groups is 1. The van der Waals surface area contributed by atoms with Gasteiger partial charge in [-0.15, -0.1) is 4.40 Å². The van der Waals surface area contributed by atoms with E-state index in [9.17, 15) is 26.7 Å². The third kappa shape index (κ3) is 3.99. The molecule has 1 aromatic rings. The molecule has 2 heterocycles. The summed E-state index contributed by atoms with van der Waals surface area (Å²) in [5.41, 5.74) is 0.146. The summed E-state index contributed by atoms with van der Waals surface area (Å²) >= 11 is 0. The first kappa shape index (κ1) is 22.2. The summed E-state index contributed by atoms with van der Waals surface area (Å²) in [6.45, 7) is 0.605. The molecule has 2 aliphatic heterocycles. The molecule has 0 bridgehead atoms. The van der Waals surface area contributed by atoms with Crippen molar-refractivity contribution < 1.29 is 26.7 Å². The zero-order chi connectivity index (χ0) is 23.5. The van der Waals surface area contributed by atoms with Gasteiger partial charge in [0.2, 0.25) is 10.0 Å². The number of benzene rings is 1. The number of hydrogen-bond donors (Lipinski definition) is 3. The van der Waals surface area contributed by atoms with Gasteiger partial charge in [0.05, 0.1) is 11.9 Å². The van der Waals surface area contributed by atoms with Gasteiger partial charge in [-0.1, -0.05) is 12.8 Å². The van der Waals surface area contributed by atoms with Crippen LogP contribution in [-0.4, -0.2) is 57.4 Å². The van der Waals surface area contributed by atoms with Crippen LogP contribution in [0.4, 0.5) is 11.4 Å². The minimum atomic E-state index is -4.25. The van der Waals surface area contributed by atoms with Crippen LogP contribution in [0.1, 0.15) is 38.5 Å². The number of aliphatic hydroxyl groups is 1. The molecule has 33 heavy (non-hydrogen) atoms. The van der Waals surface area contributed by atoms with Crippen molar-refractivity contribution in [1.29, 1.82) is 0 Å². The summed E-state index contributed by atoms with van der Waals surface area (Å²) in [5, 5.41) is 13.9. The van der Waals surface area contributed by atoms with E-state index < -0.39 is 26.0 Å². The van der Waals surface area contributed by atoms with Crippen molar-refractivity contribution in [3.63, 3.8) is 0 Å². The molecule has 178 valence electrons. The molecule has 0 radical (unpaired) electrons. The molecule has 0 spiro atoms. The Morgan fingerprint density at radius 2 is 1.94 bits per heavy atom. The maximum absolute atomic E-state index is 13.5. The number of sulfonamides is 2. The number of amides is 1. The first-order valence-corrected chi connectivity index (χ1v) is 14.3. The summed E-state index contributed by atoms with van der Waals surface area (Å²) in [6, 6.07) is 3.92. The first-order valence-electron chi connectivity index (χ1n) is 11.0. The van der Waals surface area contributed by atoms with Crippen LogP contribution in [0.3, 0.4) is 0 Å². The molecule has 0 aromatic heterocycles. The van der Waals surface area contributed by atoms with Gasteiger partial charge in [-0.05, 0) is 49.8 Å². The molecule has 4 aliphatic rings. The number of amidine groups is 1. The average Bonchev–Trinajstić information content (AvgIpc) is 3.15. The van der Waals surface area contributed by atoms with Crippen molar-refractivity contribution in [2.24, 2.45) is 16.2 Å². The Labute approximate surface area is 192 Å². The average molecular weight is 495 g/mol. The molecule has 3 N–H and O–H groups in total. The SMILES string of the molecule is CS(=O)(=O)Nc1ccc2c(c1)S(=O)(=O)N=C(C1=C(O)[C@@H]3CCC[C@@H]3N(CC3CCC3)C1=O)N2. The highest BCUT2D eigenvalue weighted by molar-refractivity contribution is 7.92. The molecule has 10 nitrogen and oxygen atoms in total. The van der Waals surface area contributed by atoms with E-state index in [2.05, 4.69) is 14.4 Å². The van der Waals surface area contributed by atoms with E-state index >= 15 is 0 Å². The van der Waals surface area contributed by atoms with Crippen LogP contribution in [0.2, 0.25) is 0 Å². The van der Waals surface area contributed by atoms with Gasteiger partial charge in [0.15, 0.2) is 5.84 Å². The Hall–Kier alpha value is -2.60. The van der Waals surface area contributed by atoms with Gasteiger partial charge in [0.1, 0.15) is 16.2 Å². The fourth-order valence-electron chi connectivity index (χ4n) is 5.16. The molecule has 5 rings (SSSR count). The molecule has 2 saturated carbocycles. The molecule has 1 aromatic carbocycles. The number of fused-ring (bicyclic) bond motifs is 2. The van der Waals surface area contributed by atoms with Gasteiger partial charge in [0, 0.05) is 24.2 Å². The molecular weight excluding hydrogens is 468 g/mol. The molecule has 2 fully saturated rings. The van der Waals surface area contributed by atoms with Gasteiger partial charge in [-0.25, -0.2) is 8.42 Å². The fraction of sp³-hybridized carbons (Fsp3) is 0.524. The Morgan fingerprint density at radius 3 is 2.61 bits per heavy atom. The normalized spacial score (nSPS) is 26.8. The van der Waals surface area contributed by atoms with Gasteiger partial charge < -0.3 is 15.3 Å². The second-order valence-electron chi connectivity index (χ2n) is 9.24. The zero-order valence-corrected chi connectivity index (χ0v) is 19.7. The number of carbonyl (C=O) groups excluding carboxylic acids is 1. The van der Waals surface area contributed by atoms with Crippen molar-refractivity contribution in [2.75, 3.05) is 22.8 Å². The van der Waals surface area contributed by atoms with E-state index in [1.165, 1.54) is 18.2 Å². The van der Waals surface area contributed by atoms with Crippen LogP contribution < -0.4 is 10.0 Å². The van der Waals surface area contributed by atoms with Crippen molar-refractivity contribution >= 4 is 43.2 Å². The van der Waals surface area contributed by atoms with Crippen LogP contribution in [0, 0.1) is 11.8 Å². The standard InChI is InChI=1S/C21H26N4O6S2/c1-32(28,29)23-13-8-9-15-17(10-13)33(30,31)24-20(22-15)18-19(26)14-6-3-7-16(14)25(21(18)27)11-12-4-2-5-12/h8-10,12,14,16,23,26H,2-7,11H2,1H3,(H,22,24)/t14-,16+/m1/s1. The van der Waals surface area contributed by atoms with E-state index in [4.69, 9.17) is 0 Å². The number of nitrogens with zero attached hydrogens (tertiary/aromatic N) is 2. The van der Waals surface area contributed by atoms with Crippen molar-refractivity contribution in [3.05, 3.63) is 29.5 Å². The second kappa shape index (κ2) is 7.73. The van der Waals surface area contributed by atoms with E-state index in [-0.39, 0.29) is 45.4 Å². The lowest BCUT2D eigenvalue weighted by Crippen LogP contribution is -2.52. The highest BCUT2D eigenvalue weighted by atomic mass is 32.2. The van der Waals surface area contributed by atoms with Crippen LogP contribution >= 0.6 is 0 Å². The van der Waals surface area contributed by atoms with E-state index in [1.54, 1.807) is 0 Å². The largest absolute Gasteiger partial charge is 0.511 e. The predicted octanol–water partition coefficient (Wildman–Crippen LogP) is 2.19. The van der Waals surface area contributed by atoms with E-state index in [1.807, 2.05) is 4.90 Å². The third-order valence-corrected chi connectivity index (χ3v) is 8.83. The Bertz CT molecular complexity index is 1300. The minimum absolute atomic E-state index is 0.0699. The zero-order valence-electron chi connectivity index (χ0n) is 18.1. The molecule has 2 aliphatic carbocycles. The molecule has 1 amide bonds. The number of aliphatic hydroxyl groups excluding tert-OH is 1. The highest BCUT2D eigenvalue weighted by Gasteiger charge is 2.47. The van der Waals surface area contributed by atoms with E-state index in [0.717, 1.165) is 44.8 Å². The van der Waals surface area contributed by atoms with Crippen LogP contribution in [0.25, 0.3) is 0 Å². The number of rotatable bonds is 5. The lowest BCUT2D eigenvalue weighted by molar-refractivity contribution is -0.132. The molecule has 0 saturated heterocycles. The lowest BCUT2D eigenvalue weighted by Gasteiger charge is -2.42. The summed E-state index contributed by atoms with van der Waals surface area (Å²) < 4.78 is 55.0. The van der Waals surface area contributed by atoms with Crippen molar-refractivity contribution in [3.8, 4) is 0 Å². The fourth-order valence-corrected chi connectivity index (χ4v) is 6.86. The molecular formula is C21H26N4O6S2. The predicted molar refractivity (Wildman–Crippen MR) is 123 cm³/mol. The number of nitrogens with one attached hydrogen (secondary N) is 2. The maximum Gasteiger partial charge on any atom is 0.286 e. The molecule has 12 heteroatoms. The summed E-state index contributed by atoms with van der Waals surface area (Å²) in [5.74, 6) is -0.496. The summed E-state index contributed by atoms with van der Waals surface area (Å²) in [4.78, 5) is 15.1. The van der Waals surface area contributed by atoms with Crippen LogP contribution in [0.15, 0.2) is 38.8 Å². The van der Waals surface area contributed by atoms with E-state index in [0.29, 0.717) is 12.5 Å². The summed E-state index contributed by atoms with van der Waals surface area (Å²) in [6.07, 6.45) is 6.68. The maximum atomic E-state index is 13.5. The Balaban J connectivity index is 1.53. The third-order valence-electron chi connectivity index (χ3n) is 6.91. The highest BCUT2D eigenvalue weighted by Crippen LogP contribution is 2.42. The van der Waals surface area contributed by atoms with Gasteiger partial charge in [0.25, 0.3) is 15.9 Å². The van der Waals surface area contributed by atoms with Crippen LogP contribution in [0.5, 0.6) is 0 Å². The second-order valence-corrected chi connectivity index (χ2v) is 12.6. The van der Waals surface area contributed by atoms with Crippen molar-refractivity contribution in [1.82, 2.24) is 4.90 Å². The first-order chi connectivity index (χ1) is 15.5. The number of hydrogen-bond acceptors (Lipinski definition) is 7. The summed E-state index contributed by atoms with van der Waals surface area (Å²) in [7, 11) is -7.84. The van der Waals surface area contributed by atoms with Crippen LogP contribution in [-0.2, 0) is 24.8 Å². The lowest BCUT2D eigenvalue weighted by atomic mass is 9.83. The Kier molecular flexibility index (Phi) is 5.20. The number of anilines is 2. The quantitative estimate of drug-likeness (QED) is 0.569. The smallest absolute Gasteiger partial charge is 0.286 e. The topological polar surface area (TPSA) is 145 Å².